The van der Waals surface area contributed by atoms with Gasteiger partial charge in [-0.05, 0) is 29.3 Å². The van der Waals surface area contributed by atoms with E-state index < -0.39 is 5.97 Å². The Morgan fingerprint density at radius 1 is 1.00 bits per heavy atom. The molecular weight excluding hydrogens is 226 g/mol. The number of nitrogens with zero attached hydrogens (tertiary/aromatic N) is 1. The second kappa shape index (κ2) is 4.92. The predicted octanol–water partition coefficient (Wildman–Crippen LogP) is 3.12. The molecule has 0 atom stereocenters. The first-order valence-corrected chi connectivity index (χ1v) is 5.69. The van der Waals surface area contributed by atoms with Gasteiger partial charge >= 0.3 is 5.97 Å². The Labute approximate surface area is 106 Å². The minimum atomic E-state index is -0.901. The number of hydrogen-bond donors (Lipinski definition) is 1. The van der Waals surface area contributed by atoms with Gasteiger partial charge in [-0.2, -0.15) is 0 Å². The summed E-state index contributed by atoms with van der Waals surface area (Å²) in [6.45, 7) is 0. The van der Waals surface area contributed by atoms with Gasteiger partial charge in [0.1, 0.15) is 0 Å². The molecule has 0 aromatic heterocycles. The molecule has 0 saturated carbocycles. The molecule has 0 fully saturated rings. The van der Waals surface area contributed by atoms with Crippen LogP contribution >= 0.6 is 0 Å². The van der Waals surface area contributed by atoms with Gasteiger partial charge in [0.2, 0.25) is 0 Å². The Morgan fingerprint density at radius 3 is 2.17 bits per heavy atom. The first-order chi connectivity index (χ1) is 8.59. The standard InChI is InChI=1S/C15H15NO2/c1-16(2)12-9-7-11(8-10-12)13-5-3-4-6-14(13)15(17)18/h3-10H,1-2H3,(H,17,18). The molecule has 0 spiro atoms. The maximum atomic E-state index is 11.2. The Kier molecular flexibility index (Phi) is 3.33. The summed E-state index contributed by atoms with van der Waals surface area (Å²) in [7, 11) is 3.94. The highest BCUT2D eigenvalue weighted by Gasteiger charge is 2.10. The maximum absolute atomic E-state index is 11.2. The van der Waals surface area contributed by atoms with Gasteiger partial charge in [-0.3, -0.25) is 0 Å². The molecule has 3 nitrogen and oxygen atoms in total. The molecule has 3 heteroatoms. The molecule has 0 radical (unpaired) electrons. The molecule has 2 aromatic carbocycles. The van der Waals surface area contributed by atoms with E-state index in [0.29, 0.717) is 5.56 Å². The normalized spacial score (nSPS) is 10.1. The number of hydrogen-bond acceptors (Lipinski definition) is 2. The number of aromatic carboxylic acids is 1. The summed E-state index contributed by atoms with van der Waals surface area (Å²) in [5.41, 5.74) is 3.08. The van der Waals surface area contributed by atoms with E-state index in [0.717, 1.165) is 16.8 Å². The molecule has 2 rings (SSSR count). The molecular formula is C15H15NO2. The molecule has 0 aliphatic carbocycles. The SMILES string of the molecule is CN(C)c1ccc(-c2ccccc2C(=O)O)cc1. The Balaban J connectivity index is 2.46. The van der Waals surface area contributed by atoms with Crippen LogP contribution in [0.4, 0.5) is 5.69 Å². The Bertz CT molecular complexity index is 559. The summed E-state index contributed by atoms with van der Waals surface area (Å²) in [5, 5.41) is 9.16. The average Bonchev–Trinajstić information content (AvgIpc) is 2.39. The largest absolute Gasteiger partial charge is 0.478 e. The van der Waals surface area contributed by atoms with Crippen LogP contribution in [0.15, 0.2) is 48.5 Å². The van der Waals surface area contributed by atoms with Crippen LogP contribution in [0.1, 0.15) is 10.4 Å². The quantitative estimate of drug-likeness (QED) is 0.897. The molecule has 18 heavy (non-hydrogen) atoms. The number of benzene rings is 2. The molecule has 1 N–H and O–H groups in total. The first-order valence-electron chi connectivity index (χ1n) is 5.69. The van der Waals surface area contributed by atoms with Crippen molar-refractivity contribution in [2.75, 3.05) is 19.0 Å². The van der Waals surface area contributed by atoms with Crippen LogP contribution in [0, 0.1) is 0 Å². The van der Waals surface area contributed by atoms with Crippen LogP contribution in [-0.2, 0) is 0 Å². The van der Waals surface area contributed by atoms with Crippen molar-refractivity contribution in [1.29, 1.82) is 0 Å². The molecule has 0 unspecified atom stereocenters. The van der Waals surface area contributed by atoms with Crippen molar-refractivity contribution in [3.8, 4) is 11.1 Å². The van der Waals surface area contributed by atoms with E-state index in [1.807, 2.05) is 55.4 Å². The van der Waals surface area contributed by atoms with Gasteiger partial charge in [0.25, 0.3) is 0 Å². The second-order valence-electron chi connectivity index (χ2n) is 4.29. The van der Waals surface area contributed by atoms with Crippen LogP contribution in [0.5, 0.6) is 0 Å². The van der Waals surface area contributed by atoms with Crippen molar-refractivity contribution in [3.05, 3.63) is 54.1 Å². The highest BCUT2D eigenvalue weighted by molar-refractivity contribution is 5.96. The van der Waals surface area contributed by atoms with Crippen molar-refractivity contribution in [3.63, 3.8) is 0 Å². The van der Waals surface area contributed by atoms with Crippen molar-refractivity contribution < 1.29 is 9.90 Å². The smallest absolute Gasteiger partial charge is 0.336 e. The van der Waals surface area contributed by atoms with Gasteiger partial charge in [0.05, 0.1) is 5.56 Å². The average molecular weight is 241 g/mol. The van der Waals surface area contributed by atoms with Crippen LogP contribution in [0.2, 0.25) is 0 Å². The van der Waals surface area contributed by atoms with Gasteiger partial charge < -0.3 is 10.0 Å². The number of anilines is 1. The lowest BCUT2D eigenvalue weighted by Gasteiger charge is -2.13. The van der Waals surface area contributed by atoms with Crippen LogP contribution < -0.4 is 4.90 Å². The molecule has 0 saturated heterocycles. The summed E-state index contributed by atoms with van der Waals surface area (Å²) in [5.74, 6) is -0.901. The van der Waals surface area contributed by atoms with E-state index in [9.17, 15) is 4.79 Å². The Morgan fingerprint density at radius 2 is 1.61 bits per heavy atom. The van der Waals surface area contributed by atoms with Crippen LogP contribution in [-0.4, -0.2) is 25.2 Å². The van der Waals surface area contributed by atoms with Crippen LogP contribution in [0.25, 0.3) is 11.1 Å². The molecule has 0 aliphatic heterocycles. The van der Waals surface area contributed by atoms with E-state index in [-0.39, 0.29) is 0 Å². The lowest BCUT2D eigenvalue weighted by Crippen LogP contribution is -2.08. The van der Waals surface area contributed by atoms with E-state index in [4.69, 9.17) is 5.11 Å². The monoisotopic (exact) mass is 241 g/mol. The summed E-state index contributed by atoms with van der Waals surface area (Å²) < 4.78 is 0. The highest BCUT2D eigenvalue weighted by atomic mass is 16.4. The third-order valence-corrected chi connectivity index (χ3v) is 2.85. The molecule has 0 bridgehead atoms. The third kappa shape index (κ3) is 2.35. The summed E-state index contributed by atoms with van der Waals surface area (Å²) >= 11 is 0. The minimum absolute atomic E-state index is 0.329. The van der Waals surface area contributed by atoms with Gasteiger partial charge in [0, 0.05) is 19.8 Å². The van der Waals surface area contributed by atoms with Crippen LogP contribution in [0.3, 0.4) is 0 Å². The predicted molar refractivity (Wildman–Crippen MR) is 73.2 cm³/mol. The fraction of sp³-hybridized carbons (Fsp3) is 0.133. The summed E-state index contributed by atoms with van der Waals surface area (Å²) in [6, 6.07) is 14.9. The van der Waals surface area contributed by atoms with Crippen molar-refractivity contribution in [2.45, 2.75) is 0 Å². The van der Waals surface area contributed by atoms with Gasteiger partial charge in [-0.1, -0.05) is 30.3 Å². The minimum Gasteiger partial charge on any atom is -0.478 e. The molecule has 92 valence electrons. The van der Waals surface area contributed by atoms with Crippen molar-refractivity contribution >= 4 is 11.7 Å². The van der Waals surface area contributed by atoms with Gasteiger partial charge in [-0.15, -0.1) is 0 Å². The van der Waals surface area contributed by atoms with Crippen molar-refractivity contribution in [1.82, 2.24) is 0 Å². The third-order valence-electron chi connectivity index (χ3n) is 2.85. The lowest BCUT2D eigenvalue weighted by molar-refractivity contribution is 0.0697. The van der Waals surface area contributed by atoms with E-state index in [2.05, 4.69) is 0 Å². The van der Waals surface area contributed by atoms with Gasteiger partial charge in [-0.25, -0.2) is 4.79 Å². The number of carboxylic acid groups (broad SMARTS) is 1. The molecule has 0 aliphatic rings. The zero-order valence-electron chi connectivity index (χ0n) is 10.4. The first kappa shape index (κ1) is 12.2. The van der Waals surface area contributed by atoms with Crippen molar-refractivity contribution in [2.24, 2.45) is 0 Å². The lowest BCUT2D eigenvalue weighted by atomic mass is 9.99. The zero-order valence-corrected chi connectivity index (χ0v) is 10.4. The fourth-order valence-corrected chi connectivity index (χ4v) is 1.86. The highest BCUT2D eigenvalue weighted by Crippen LogP contribution is 2.25. The maximum Gasteiger partial charge on any atom is 0.336 e. The summed E-state index contributed by atoms with van der Waals surface area (Å²) in [4.78, 5) is 13.2. The number of carboxylic acids is 1. The zero-order chi connectivity index (χ0) is 13.1. The van der Waals surface area contributed by atoms with E-state index >= 15 is 0 Å². The molecule has 0 amide bonds. The number of rotatable bonds is 3. The molecule has 2 aromatic rings. The van der Waals surface area contributed by atoms with Gasteiger partial charge in [0.15, 0.2) is 0 Å². The Hall–Kier alpha value is -2.29. The number of carbonyl (C=O) groups is 1. The molecule has 0 heterocycles. The topological polar surface area (TPSA) is 40.5 Å². The summed E-state index contributed by atoms with van der Waals surface area (Å²) in [6.07, 6.45) is 0. The van der Waals surface area contributed by atoms with E-state index in [1.165, 1.54) is 0 Å². The second-order valence-corrected chi connectivity index (χ2v) is 4.29. The fourth-order valence-electron chi connectivity index (χ4n) is 1.86. The van der Waals surface area contributed by atoms with E-state index in [1.54, 1.807) is 12.1 Å².